The van der Waals surface area contributed by atoms with E-state index in [1.807, 2.05) is 6.08 Å². The second-order valence-electron chi connectivity index (χ2n) is 2.78. The number of carbonyl (C=O) groups is 1. The van der Waals surface area contributed by atoms with Gasteiger partial charge in [-0.15, -0.1) is 11.6 Å². The lowest BCUT2D eigenvalue weighted by molar-refractivity contribution is -0.138. The van der Waals surface area contributed by atoms with Crippen molar-refractivity contribution in [1.29, 1.82) is 0 Å². The lowest BCUT2D eigenvalue weighted by Gasteiger charge is -2.16. The molecular formula is C9H13ClO2. The predicted octanol–water partition coefficient (Wildman–Crippen LogP) is 2.27. The van der Waals surface area contributed by atoms with E-state index in [1.54, 1.807) is 6.92 Å². The van der Waals surface area contributed by atoms with Crippen molar-refractivity contribution in [2.24, 2.45) is 0 Å². The van der Waals surface area contributed by atoms with Crippen molar-refractivity contribution in [1.82, 2.24) is 0 Å². The Bertz CT molecular complexity index is 199. The summed E-state index contributed by atoms with van der Waals surface area (Å²) in [7, 11) is 0. The fourth-order valence-electron chi connectivity index (χ4n) is 1.26. The molecule has 1 rings (SSSR count). The van der Waals surface area contributed by atoms with Gasteiger partial charge in [-0.25, -0.2) is 4.79 Å². The summed E-state index contributed by atoms with van der Waals surface area (Å²) in [5, 5.41) is -0.141. The first-order valence-electron chi connectivity index (χ1n) is 4.27. The highest BCUT2D eigenvalue weighted by molar-refractivity contribution is 6.25. The minimum atomic E-state index is -0.253. The summed E-state index contributed by atoms with van der Waals surface area (Å²) in [5.74, 6) is -0.253. The van der Waals surface area contributed by atoms with E-state index in [9.17, 15) is 4.79 Å². The van der Waals surface area contributed by atoms with Crippen LogP contribution >= 0.6 is 11.6 Å². The fraction of sp³-hybridized carbons (Fsp3) is 0.667. The zero-order valence-corrected chi connectivity index (χ0v) is 7.93. The molecule has 0 bridgehead atoms. The molecule has 12 heavy (non-hydrogen) atoms. The van der Waals surface area contributed by atoms with Crippen LogP contribution in [0.5, 0.6) is 0 Å². The van der Waals surface area contributed by atoms with Gasteiger partial charge in [-0.1, -0.05) is 6.08 Å². The maximum atomic E-state index is 11.2. The molecule has 3 heteroatoms. The van der Waals surface area contributed by atoms with Crippen LogP contribution in [0, 0.1) is 0 Å². The first-order valence-corrected chi connectivity index (χ1v) is 4.70. The Kier molecular flexibility index (Phi) is 3.60. The molecule has 0 aromatic carbocycles. The monoisotopic (exact) mass is 188 g/mol. The van der Waals surface area contributed by atoms with Crippen LogP contribution < -0.4 is 0 Å². The third-order valence-corrected chi connectivity index (χ3v) is 2.33. The highest BCUT2D eigenvalue weighted by atomic mass is 35.5. The summed E-state index contributed by atoms with van der Waals surface area (Å²) < 4.78 is 4.86. The smallest absolute Gasteiger partial charge is 0.335 e. The van der Waals surface area contributed by atoms with Gasteiger partial charge in [-0.3, -0.25) is 0 Å². The van der Waals surface area contributed by atoms with Crippen molar-refractivity contribution in [2.75, 3.05) is 6.61 Å². The van der Waals surface area contributed by atoms with Gasteiger partial charge in [0, 0.05) is 0 Å². The number of alkyl halides is 1. The molecule has 0 saturated heterocycles. The molecular weight excluding hydrogens is 176 g/mol. The molecule has 1 atom stereocenters. The number of rotatable bonds is 2. The van der Waals surface area contributed by atoms with Crippen LogP contribution in [-0.2, 0) is 9.53 Å². The third-order valence-electron chi connectivity index (χ3n) is 1.87. The highest BCUT2D eigenvalue weighted by Crippen LogP contribution is 2.24. The fourth-order valence-corrected chi connectivity index (χ4v) is 1.60. The predicted molar refractivity (Wildman–Crippen MR) is 48.2 cm³/mol. The topological polar surface area (TPSA) is 26.3 Å². The largest absolute Gasteiger partial charge is 0.463 e. The van der Waals surface area contributed by atoms with Gasteiger partial charge in [-0.2, -0.15) is 0 Å². The molecule has 68 valence electrons. The van der Waals surface area contributed by atoms with Gasteiger partial charge in [0.2, 0.25) is 0 Å². The molecule has 0 N–H and O–H groups in total. The Balaban J connectivity index is 2.59. The lowest BCUT2D eigenvalue weighted by atomic mass is 9.99. The van der Waals surface area contributed by atoms with Crippen molar-refractivity contribution in [2.45, 2.75) is 31.6 Å². The van der Waals surface area contributed by atoms with Gasteiger partial charge in [0.15, 0.2) is 0 Å². The second-order valence-corrected chi connectivity index (χ2v) is 3.31. The summed E-state index contributed by atoms with van der Waals surface area (Å²) in [6, 6.07) is 0. The quantitative estimate of drug-likeness (QED) is 0.491. The molecule has 0 heterocycles. The van der Waals surface area contributed by atoms with Crippen molar-refractivity contribution in [3.8, 4) is 0 Å². The molecule has 0 fully saturated rings. The molecule has 0 saturated carbocycles. The summed E-state index contributed by atoms with van der Waals surface area (Å²) in [6.07, 6.45) is 4.78. The van der Waals surface area contributed by atoms with E-state index >= 15 is 0 Å². The summed E-state index contributed by atoms with van der Waals surface area (Å²) in [4.78, 5) is 11.2. The second kappa shape index (κ2) is 4.51. The molecule has 0 aliphatic heterocycles. The zero-order chi connectivity index (χ0) is 8.97. The number of hydrogen-bond acceptors (Lipinski definition) is 2. The SMILES string of the molecule is CCOC(=O)C1=CCCCC1Cl. The van der Waals surface area contributed by atoms with Crippen molar-refractivity contribution < 1.29 is 9.53 Å². The van der Waals surface area contributed by atoms with Crippen LogP contribution in [0.25, 0.3) is 0 Å². The highest BCUT2D eigenvalue weighted by Gasteiger charge is 2.21. The minimum absolute atomic E-state index is 0.141. The van der Waals surface area contributed by atoms with E-state index in [2.05, 4.69) is 0 Å². The van der Waals surface area contributed by atoms with Gasteiger partial charge in [0.1, 0.15) is 0 Å². The maximum Gasteiger partial charge on any atom is 0.335 e. The molecule has 1 aliphatic rings. The minimum Gasteiger partial charge on any atom is -0.463 e. The molecule has 2 nitrogen and oxygen atoms in total. The number of hydrogen-bond donors (Lipinski definition) is 0. The standard InChI is InChI=1S/C9H13ClO2/c1-2-12-9(11)7-5-3-4-6-8(7)10/h5,8H,2-4,6H2,1H3. The van der Waals surface area contributed by atoms with Crippen LogP contribution in [0.4, 0.5) is 0 Å². The van der Waals surface area contributed by atoms with Gasteiger partial charge in [0.05, 0.1) is 17.6 Å². The first-order chi connectivity index (χ1) is 5.75. The number of ether oxygens (including phenoxy) is 1. The lowest BCUT2D eigenvalue weighted by Crippen LogP contribution is -2.18. The van der Waals surface area contributed by atoms with Crippen LogP contribution in [0.2, 0.25) is 0 Å². The average Bonchev–Trinajstić information content (AvgIpc) is 2.05. The molecule has 0 aromatic heterocycles. The Hall–Kier alpha value is -0.500. The number of allylic oxidation sites excluding steroid dienone is 1. The van der Waals surface area contributed by atoms with Crippen molar-refractivity contribution in [3.05, 3.63) is 11.6 Å². The molecule has 1 unspecified atom stereocenters. The van der Waals surface area contributed by atoms with E-state index < -0.39 is 0 Å². The molecule has 0 amide bonds. The van der Waals surface area contributed by atoms with Gasteiger partial charge >= 0.3 is 5.97 Å². The van der Waals surface area contributed by atoms with E-state index in [0.29, 0.717) is 12.2 Å². The summed E-state index contributed by atoms with van der Waals surface area (Å²) in [6.45, 7) is 2.21. The van der Waals surface area contributed by atoms with Crippen LogP contribution in [0.3, 0.4) is 0 Å². The van der Waals surface area contributed by atoms with E-state index in [-0.39, 0.29) is 11.3 Å². The van der Waals surface area contributed by atoms with E-state index in [0.717, 1.165) is 19.3 Å². The number of esters is 1. The molecule has 0 aromatic rings. The Morgan fingerprint density at radius 1 is 1.83 bits per heavy atom. The Labute approximate surface area is 77.5 Å². The first kappa shape index (κ1) is 9.59. The zero-order valence-electron chi connectivity index (χ0n) is 7.18. The number of halogens is 1. The normalized spacial score (nSPS) is 23.2. The van der Waals surface area contributed by atoms with Gasteiger partial charge in [-0.05, 0) is 26.2 Å². The van der Waals surface area contributed by atoms with E-state index in [4.69, 9.17) is 16.3 Å². The molecule has 0 radical (unpaired) electrons. The summed E-state index contributed by atoms with van der Waals surface area (Å²) in [5.41, 5.74) is 0.643. The van der Waals surface area contributed by atoms with Crippen LogP contribution in [-0.4, -0.2) is 18.0 Å². The maximum absolute atomic E-state index is 11.2. The molecule has 1 aliphatic carbocycles. The van der Waals surface area contributed by atoms with Crippen LogP contribution in [0.1, 0.15) is 26.2 Å². The van der Waals surface area contributed by atoms with Gasteiger partial charge in [0.25, 0.3) is 0 Å². The third kappa shape index (κ3) is 2.24. The van der Waals surface area contributed by atoms with E-state index in [1.165, 1.54) is 0 Å². The van der Waals surface area contributed by atoms with Crippen LogP contribution in [0.15, 0.2) is 11.6 Å². The van der Waals surface area contributed by atoms with Gasteiger partial charge < -0.3 is 4.74 Å². The average molecular weight is 189 g/mol. The number of carbonyl (C=O) groups excluding carboxylic acids is 1. The van der Waals surface area contributed by atoms with Crippen molar-refractivity contribution in [3.63, 3.8) is 0 Å². The Morgan fingerprint density at radius 3 is 3.17 bits per heavy atom. The summed E-state index contributed by atoms with van der Waals surface area (Å²) >= 11 is 5.94. The van der Waals surface area contributed by atoms with Crippen molar-refractivity contribution >= 4 is 17.6 Å². The molecule has 0 spiro atoms. The Morgan fingerprint density at radius 2 is 2.58 bits per heavy atom.